The molecule has 1 saturated heterocycles. The van der Waals surface area contributed by atoms with Crippen molar-refractivity contribution in [1.82, 2.24) is 10.2 Å². The Morgan fingerprint density at radius 2 is 1.97 bits per heavy atom. The number of esters is 1. The zero-order valence-electron chi connectivity index (χ0n) is 19.5. The predicted molar refractivity (Wildman–Crippen MR) is 142 cm³/mol. The van der Waals surface area contributed by atoms with Gasteiger partial charge < -0.3 is 20.5 Å². The molecule has 1 amide bonds. The van der Waals surface area contributed by atoms with Crippen molar-refractivity contribution in [3.8, 4) is 0 Å². The maximum Gasteiger partial charge on any atom is 0.323 e. The fraction of sp³-hybridized carbons (Fsp3) is 0.682. The van der Waals surface area contributed by atoms with Crippen molar-refractivity contribution in [3.63, 3.8) is 0 Å². The highest BCUT2D eigenvalue weighted by Gasteiger charge is 2.35. The molecule has 34 heavy (non-hydrogen) atoms. The van der Waals surface area contributed by atoms with Gasteiger partial charge in [-0.2, -0.15) is 0 Å². The molecule has 0 radical (unpaired) electrons. The van der Waals surface area contributed by atoms with Crippen molar-refractivity contribution >= 4 is 65.8 Å². The number of hydrogen-bond acceptors (Lipinski definition) is 8. The van der Waals surface area contributed by atoms with Crippen LogP contribution in [0.2, 0.25) is 0 Å². The third kappa shape index (κ3) is 11.1. The maximum absolute atomic E-state index is 13.2. The molecule has 1 aliphatic heterocycles. The predicted octanol–water partition coefficient (Wildman–Crippen LogP) is 3.48. The van der Waals surface area contributed by atoms with E-state index in [-0.39, 0.29) is 55.1 Å². The molecule has 2 rings (SSSR count). The Morgan fingerprint density at radius 1 is 1.26 bits per heavy atom. The topological polar surface area (TPSA) is 122 Å². The third-order valence-corrected chi connectivity index (χ3v) is 7.78. The highest BCUT2D eigenvalue weighted by atomic mass is 35.5. The molecule has 0 bridgehead atoms. The minimum Gasteiger partial charge on any atom is -0.480 e. The first-order valence-corrected chi connectivity index (χ1v) is 13.2. The molecule has 0 aliphatic carbocycles. The lowest BCUT2D eigenvalue weighted by Gasteiger charge is -2.26. The molecule has 4 N–H and O–H groups in total. The summed E-state index contributed by atoms with van der Waals surface area (Å²) in [4.78, 5) is 39.6. The van der Waals surface area contributed by atoms with Gasteiger partial charge in [-0.25, -0.2) is 0 Å². The molecule has 196 valence electrons. The Bertz CT molecular complexity index is 727. The third-order valence-electron chi connectivity index (χ3n) is 5.32. The number of carbonyl (C=O) groups excluding carboxylic acids is 2. The number of aliphatic carboxylic acids is 1. The van der Waals surface area contributed by atoms with Crippen molar-refractivity contribution in [3.05, 3.63) is 22.4 Å². The number of nitrogens with two attached hydrogens (primary N) is 1. The van der Waals surface area contributed by atoms with Crippen molar-refractivity contribution < 1.29 is 24.2 Å². The van der Waals surface area contributed by atoms with Crippen molar-refractivity contribution in [2.45, 2.75) is 62.8 Å². The highest BCUT2D eigenvalue weighted by molar-refractivity contribution is 7.99. The summed E-state index contributed by atoms with van der Waals surface area (Å²) >= 11 is 3.22. The van der Waals surface area contributed by atoms with Gasteiger partial charge in [0, 0.05) is 17.2 Å². The molecule has 0 spiro atoms. The van der Waals surface area contributed by atoms with E-state index in [1.54, 1.807) is 30.0 Å². The summed E-state index contributed by atoms with van der Waals surface area (Å²) in [6.45, 7) is 2.69. The lowest BCUT2D eigenvalue weighted by atomic mass is 10.1. The first-order valence-electron chi connectivity index (χ1n) is 11.2. The number of rotatable bonds is 14. The van der Waals surface area contributed by atoms with Gasteiger partial charge in [0.1, 0.15) is 12.6 Å². The van der Waals surface area contributed by atoms with Crippen LogP contribution in [0.25, 0.3) is 0 Å². The van der Waals surface area contributed by atoms with Gasteiger partial charge in [-0.3, -0.25) is 19.7 Å². The summed E-state index contributed by atoms with van der Waals surface area (Å²) in [6, 6.07) is 2.72. The molecule has 1 aliphatic rings. The molecule has 2 heterocycles. The second kappa shape index (κ2) is 18.3. The summed E-state index contributed by atoms with van der Waals surface area (Å²) < 4.78 is 5.24. The summed E-state index contributed by atoms with van der Waals surface area (Å²) in [6.07, 6.45) is 5.52. The zero-order valence-corrected chi connectivity index (χ0v) is 22.7. The molecule has 1 aromatic rings. The standard InChI is InChI=1S/C22H35N3O5S2.2ClH/c1-2-30-22(29)16(9-6-4-3-5-7-11-23)24-17-15-32-19(18-10-8-12-31-18)13-25(21(17)28)14-20(26)27;;/h8,10,12,16-17,19,24H,2-7,9,11,13-15,23H2,1H3,(H,26,27);2*1H/t16-,17?,19?;;/m1../s1. The number of nitrogens with zero attached hydrogens (tertiary/aromatic N) is 1. The molecular weight excluding hydrogens is 521 g/mol. The van der Waals surface area contributed by atoms with Crippen LogP contribution in [-0.4, -0.2) is 71.9 Å². The monoisotopic (exact) mass is 557 g/mol. The van der Waals surface area contributed by atoms with Crippen LogP contribution in [0.5, 0.6) is 0 Å². The van der Waals surface area contributed by atoms with Gasteiger partial charge in [0.2, 0.25) is 5.91 Å². The maximum atomic E-state index is 13.2. The molecule has 3 atom stereocenters. The molecule has 0 saturated carbocycles. The fourth-order valence-corrected chi connectivity index (χ4v) is 5.96. The minimum atomic E-state index is -1.05. The number of carboxylic acids is 1. The summed E-state index contributed by atoms with van der Waals surface area (Å²) in [5.74, 6) is -1.23. The zero-order chi connectivity index (χ0) is 23.3. The summed E-state index contributed by atoms with van der Waals surface area (Å²) in [7, 11) is 0. The second-order valence-corrected chi connectivity index (χ2v) is 10.0. The number of thiophene rings is 1. The van der Waals surface area contributed by atoms with Crippen LogP contribution >= 0.6 is 47.9 Å². The van der Waals surface area contributed by atoms with E-state index in [4.69, 9.17) is 10.5 Å². The van der Waals surface area contributed by atoms with Gasteiger partial charge in [-0.15, -0.1) is 47.9 Å². The van der Waals surface area contributed by atoms with Crippen LogP contribution in [-0.2, 0) is 19.1 Å². The average molecular weight is 559 g/mol. The van der Waals surface area contributed by atoms with Gasteiger partial charge in [-0.05, 0) is 37.8 Å². The lowest BCUT2D eigenvalue weighted by Crippen LogP contribution is -2.53. The van der Waals surface area contributed by atoms with Crippen molar-refractivity contribution in [1.29, 1.82) is 0 Å². The molecule has 2 unspecified atom stereocenters. The first-order chi connectivity index (χ1) is 15.5. The normalized spacial score (nSPS) is 18.9. The van der Waals surface area contributed by atoms with Gasteiger partial charge in [0.05, 0.1) is 17.9 Å². The minimum absolute atomic E-state index is 0. The lowest BCUT2D eigenvalue weighted by molar-refractivity contribution is -0.148. The van der Waals surface area contributed by atoms with Crippen molar-refractivity contribution in [2.24, 2.45) is 5.73 Å². The molecule has 0 aromatic carbocycles. The Kier molecular flexibility index (Phi) is 17.7. The van der Waals surface area contributed by atoms with E-state index in [9.17, 15) is 19.5 Å². The van der Waals surface area contributed by atoms with Crippen LogP contribution in [0, 0.1) is 0 Å². The van der Waals surface area contributed by atoms with E-state index >= 15 is 0 Å². The second-order valence-electron chi connectivity index (χ2n) is 7.82. The van der Waals surface area contributed by atoms with E-state index in [2.05, 4.69) is 5.32 Å². The summed E-state index contributed by atoms with van der Waals surface area (Å²) in [5.41, 5.74) is 5.53. The van der Waals surface area contributed by atoms with Crippen molar-refractivity contribution in [2.75, 3.05) is 32.0 Å². The summed E-state index contributed by atoms with van der Waals surface area (Å²) in [5, 5.41) is 14.5. The molecule has 1 fully saturated rings. The van der Waals surface area contributed by atoms with E-state index in [1.807, 2.05) is 17.5 Å². The number of hydrogen-bond donors (Lipinski definition) is 3. The number of nitrogens with one attached hydrogen (secondary N) is 1. The number of thioether (sulfide) groups is 1. The molecule has 12 heteroatoms. The number of halogens is 2. The Balaban J connectivity index is 0.00000544. The Hall–Kier alpha value is -1.04. The van der Waals surface area contributed by atoms with Crippen LogP contribution in [0.15, 0.2) is 17.5 Å². The molecular formula is C22H37Cl2N3O5S2. The van der Waals surface area contributed by atoms with E-state index in [0.29, 0.717) is 25.3 Å². The quantitative estimate of drug-likeness (QED) is 0.234. The Labute approximate surface area is 222 Å². The largest absolute Gasteiger partial charge is 0.480 e. The first kappa shape index (κ1) is 33.0. The van der Waals surface area contributed by atoms with E-state index in [1.165, 1.54) is 4.90 Å². The van der Waals surface area contributed by atoms with Crippen LogP contribution in [0.3, 0.4) is 0 Å². The number of carboxylic acid groups (broad SMARTS) is 1. The number of ether oxygens (including phenoxy) is 1. The number of carbonyl (C=O) groups is 3. The van der Waals surface area contributed by atoms with Crippen LogP contribution in [0.4, 0.5) is 0 Å². The molecule has 8 nitrogen and oxygen atoms in total. The van der Waals surface area contributed by atoms with Crippen LogP contribution in [0.1, 0.15) is 55.6 Å². The van der Waals surface area contributed by atoms with Gasteiger partial charge >= 0.3 is 11.9 Å². The van der Waals surface area contributed by atoms with E-state index in [0.717, 1.165) is 37.0 Å². The highest BCUT2D eigenvalue weighted by Crippen LogP contribution is 2.35. The van der Waals surface area contributed by atoms with Crippen LogP contribution < -0.4 is 11.1 Å². The van der Waals surface area contributed by atoms with Gasteiger partial charge in [-0.1, -0.05) is 31.7 Å². The van der Waals surface area contributed by atoms with E-state index < -0.39 is 18.1 Å². The fourth-order valence-electron chi connectivity index (χ4n) is 3.70. The number of amides is 1. The smallest absolute Gasteiger partial charge is 0.323 e. The number of unbranched alkanes of at least 4 members (excludes halogenated alkanes) is 4. The molecule has 1 aromatic heterocycles. The average Bonchev–Trinajstić information content (AvgIpc) is 3.25. The van der Waals surface area contributed by atoms with Gasteiger partial charge in [0.15, 0.2) is 0 Å². The Morgan fingerprint density at radius 3 is 2.59 bits per heavy atom. The SMILES string of the molecule is CCOC(=O)[C@@H](CCCCCCCN)NC1CSC(c2cccs2)CN(CC(=O)O)C1=O.Cl.Cl. The van der Waals surface area contributed by atoms with Gasteiger partial charge in [0.25, 0.3) is 0 Å².